The zero-order valence-corrected chi connectivity index (χ0v) is 18.6. The molecular weight excluding hydrogens is 404 g/mol. The van der Waals surface area contributed by atoms with Crippen LogP contribution in [-0.4, -0.2) is 30.3 Å². The third kappa shape index (κ3) is 7.41. The highest BCUT2D eigenvalue weighted by molar-refractivity contribution is 5.98. The van der Waals surface area contributed by atoms with E-state index in [1.54, 1.807) is 30.3 Å². The van der Waals surface area contributed by atoms with Crippen LogP contribution in [0.1, 0.15) is 62.2 Å². The number of benzene rings is 2. The largest absolute Gasteiger partial charge is 0.376 e. The van der Waals surface area contributed by atoms with Crippen molar-refractivity contribution >= 4 is 34.8 Å². The normalized spacial score (nSPS) is 13.8. The van der Waals surface area contributed by atoms with Crippen LogP contribution in [0.3, 0.4) is 0 Å². The van der Waals surface area contributed by atoms with Gasteiger partial charge in [-0.25, -0.2) is 0 Å². The minimum Gasteiger partial charge on any atom is -0.376 e. The first-order valence-electron chi connectivity index (χ1n) is 11.4. The summed E-state index contributed by atoms with van der Waals surface area (Å²) >= 11 is 0. The minimum atomic E-state index is -0.227. The van der Waals surface area contributed by atoms with Crippen LogP contribution in [0, 0.1) is 0 Å². The van der Waals surface area contributed by atoms with Crippen molar-refractivity contribution in [1.29, 1.82) is 0 Å². The maximum Gasteiger partial charge on any atom is 0.251 e. The summed E-state index contributed by atoms with van der Waals surface area (Å²) in [5.74, 6) is -0.363. The summed E-state index contributed by atoms with van der Waals surface area (Å²) in [6.07, 6.45) is 6.85. The minimum absolute atomic E-state index is 0.0326. The molecule has 0 atom stereocenters. The molecule has 0 bridgehead atoms. The van der Waals surface area contributed by atoms with Crippen molar-refractivity contribution in [3.05, 3.63) is 54.1 Å². The molecule has 0 heterocycles. The molecule has 3 rings (SSSR count). The maximum absolute atomic E-state index is 12.5. The van der Waals surface area contributed by atoms with Crippen molar-refractivity contribution in [1.82, 2.24) is 5.32 Å². The summed E-state index contributed by atoms with van der Waals surface area (Å²) in [5.41, 5.74) is 2.53. The van der Waals surface area contributed by atoms with Gasteiger partial charge in [-0.1, -0.05) is 38.3 Å². The molecule has 2 aromatic rings. The number of carbonyl (C=O) groups excluding carboxylic acids is 3. The topological polar surface area (TPSA) is 99.3 Å². The van der Waals surface area contributed by atoms with E-state index in [9.17, 15) is 14.4 Å². The summed E-state index contributed by atoms with van der Waals surface area (Å²) in [7, 11) is 0. The van der Waals surface area contributed by atoms with Crippen LogP contribution in [0.25, 0.3) is 0 Å². The van der Waals surface area contributed by atoms with Gasteiger partial charge in [0.25, 0.3) is 5.91 Å². The maximum atomic E-state index is 12.5. The second-order valence-corrected chi connectivity index (χ2v) is 8.17. The quantitative estimate of drug-likeness (QED) is 0.464. The molecule has 1 aliphatic carbocycles. The fourth-order valence-corrected chi connectivity index (χ4v) is 3.80. The average Bonchev–Trinajstić information content (AvgIpc) is 2.79. The molecule has 2 aromatic carbocycles. The molecule has 0 spiro atoms. The second-order valence-electron chi connectivity index (χ2n) is 8.17. The van der Waals surface area contributed by atoms with E-state index in [0.29, 0.717) is 23.4 Å². The average molecular weight is 437 g/mol. The van der Waals surface area contributed by atoms with Crippen molar-refractivity contribution in [2.45, 2.75) is 57.9 Å². The summed E-state index contributed by atoms with van der Waals surface area (Å²) in [6, 6.07) is 14.5. The van der Waals surface area contributed by atoms with Gasteiger partial charge in [0.15, 0.2) is 0 Å². The van der Waals surface area contributed by atoms with Gasteiger partial charge in [0.2, 0.25) is 11.8 Å². The SMILES string of the molecule is CCCC(=O)Nc1cccc(NCC(=O)Nc2cccc(C(=O)NC3CCCCC3)c2)c1. The molecule has 0 aromatic heterocycles. The van der Waals surface area contributed by atoms with E-state index in [4.69, 9.17) is 0 Å². The Morgan fingerprint density at radius 1 is 0.844 bits per heavy atom. The van der Waals surface area contributed by atoms with Crippen LogP contribution in [0.5, 0.6) is 0 Å². The van der Waals surface area contributed by atoms with E-state index in [-0.39, 0.29) is 30.3 Å². The lowest BCUT2D eigenvalue weighted by Gasteiger charge is -2.22. The molecular formula is C25H32N4O3. The van der Waals surface area contributed by atoms with Crippen molar-refractivity contribution in [2.75, 3.05) is 22.5 Å². The summed E-state index contributed by atoms with van der Waals surface area (Å²) in [5, 5.41) is 11.8. The molecule has 1 aliphatic rings. The van der Waals surface area contributed by atoms with Crippen LogP contribution >= 0.6 is 0 Å². The summed E-state index contributed by atoms with van der Waals surface area (Å²) in [4.78, 5) is 36.7. The number of hydrogen-bond acceptors (Lipinski definition) is 4. The number of anilines is 3. The Morgan fingerprint density at radius 3 is 2.25 bits per heavy atom. The van der Waals surface area contributed by atoms with Crippen LogP contribution < -0.4 is 21.3 Å². The second kappa shape index (κ2) is 11.9. The van der Waals surface area contributed by atoms with Crippen molar-refractivity contribution in [3.8, 4) is 0 Å². The zero-order valence-electron chi connectivity index (χ0n) is 18.6. The summed E-state index contributed by atoms with van der Waals surface area (Å²) < 4.78 is 0. The number of carbonyl (C=O) groups is 3. The smallest absolute Gasteiger partial charge is 0.251 e. The van der Waals surface area contributed by atoms with Crippen molar-refractivity contribution < 1.29 is 14.4 Å². The van der Waals surface area contributed by atoms with E-state index in [1.807, 2.05) is 25.1 Å². The molecule has 1 fully saturated rings. The highest BCUT2D eigenvalue weighted by Crippen LogP contribution is 2.19. The Hall–Kier alpha value is -3.35. The Labute approximate surface area is 189 Å². The predicted octanol–water partition coefficient (Wildman–Crippen LogP) is 4.54. The van der Waals surface area contributed by atoms with E-state index in [1.165, 1.54) is 6.42 Å². The molecule has 3 amide bonds. The molecule has 7 nitrogen and oxygen atoms in total. The Balaban J connectivity index is 1.50. The molecule has 0 aliphatic heterocycles. The molecule has 0 radical (unpaired) electrons. The van der Waals surface area contributed by atoms with Crippen LogP contribution in [0.2, 0.25) is 0 Å². The van der Waals surface area contributed by atoms with Gasteiger partial charge in [-0.15, -0.1) is 0 Å². The van der Waals surface area contributed by atoms with Gasteiger partial charge in [-0.2, -0.15) is 0 Å². The molecule has 0 unspecified atom stereocenters. The number of rotatable bonds is 9. The van der Waals surface area contributed by atoms with Crippen LogP contribution in [0.4, 0.5) is 17.1 Å². The Kier molecular flexibility index (Phi) is 8.66. The fraction of sp³-hybridized carbons (Fsp3) is 0.400. The third-order valence-electron chi connectivity index (χ3n) is 5.43. The molecule has 4 N–H and O–H groups in total. The van der Waals surface area contributed by atoms with E-state index in [2.05, 4.69) is 21.3 Å². The van der Waals surface area contributed by atoms with E-state index in [0.717, 1.165) is 37.8 Å². The van der Waals surface area contributed by atoms with Gasteiger partial charge < -0.3 is 21.3 Å². The molecule has 0 saturated heterocycles. The lowest BCUT2D eigenvalue weighted by atomic mass is 9.95. The first-order chi connectivity index (χ1) is 15.5. The zero-order chi connectivity index (χ0) is 22.8. The van der Waals surface area contributed by atoms with Gasteiger partial charge in [0.1, 0.15) is 0 Å². The van der Waals surface area contributed by atoms with Gasteiger partial charge in [0.05, 0.1) is 6.54 Å². The number of amides is 3. The first-order valence-corrected chi connectivity index (χ1v) is 11.4. The van der Waals surface area contributed by atoms with Gasteiger partial charge in [-0.05, 0) is 55.7 Å². The molecule has 1 saturated carbocycles. The molecule has 32 heavy (non-hydrogen) atoms. The number of hydrogen-bond donors (Lipinski definition) is 4. The highest BCUT2D eigenvalue weighted by Gasteiger charge is 2.17. The highest BCUT2D eigenvalue weighted by atomic mass is 16.2. The van der Waals surface area contributed by atoms with Crippen molar-refractivity contribution in [3.63, 3.8) is 0 Å². The molecule has 7 heteroatoms. The summed E-state index contributed by atoms with van der Waals surface area (Å²) in [6.45, 7) is 2.01. The number of nitrogens with one attached hydrogen (secondary N) is 4. The lowest BCUT2D eigenvalue weighted by molar-refractivity contribution is -0.116. The third-order valence-corrected chi connectivity index (χ3v) is 5.43. The standard InChI is InChI=1S/C25H32N4O3/c1-2-8-23(30)27-22-14-7-12-20(16-22)26-17-24(31)28-21-13-6-9-18(15-21)25(32)29-19-10-4-3-5-11-19/h6-7,9,12-16,19,26H,2-5,8,10-11,17H2,1H3,(H,27,30)(H,28,31)(H,29,32). The Morgan fingerprint density at radius 2 is 1.50 bits per heavy atom. The van der Waals surface area contributed by atoms with Crippen LogP contribution in [-0.2, 0) is 9.59 Å². The molecule has 170 valence electrons. The van der Waals surface area contributed by atoms with Gasteiger partial charge in [-0.3, -0.25) is 14.4 Å². The fourth-order valence-electron chi connectivity index (χ4n) is 3.80. The van der Waals surface area contributed by atoms with Gasteiger partial charge >= 0.3 is 0 Å². The lowest BCUT2D eigenvalue weighted by Crippen LogP contribution is -2.36. The van der Waals surface area contributed by atoms with Crippen molar-refractivity contribution in [2.24, 2.45) is 0 Å². The monoisotopic (exact) mass is 436 g/mol. The van der Waals surface area contributed by atoms with E-state index >= 15 is 0 Å². The van der Waals surface area contributed by atoms with E-state index < -0.39 is 0 Å². The Bertz CT molecular complexity index is 938. The van der Waals surface area contributed by atoms with Gasteiger partial charge in [0, 0.05) is 35.1 Å². The predicted molar refractivity (Wildman–Crippen MR) is 128 cm³/mol. The van der Waals surface area contributed by atoms with Crippen LogP contribution in [0.15, 0.2) is 48.5 Å². The first kappa shape index (κ1) is 23.3.